The first kappa shape index (κ1) is 15.2. The Kier molecular flexibility index (Phi) is 3.49. The highest BCUT2D eigenvalue weighted by atomic mass is 15.4. The zero-order chi connectivity index (χ0) is 17.5. The molecule has 0 amide bonds. The van der Waals surface area contributed by atoms with E-state index in [0.717, 1.165) is 59.4 Å². The SMILES string of the molecule is Nc1nc2ccc(-c3ccc4cn[nH]c4c3)c(NC3CCCNC3)n2n1. The maximum absolute atomic E-state index is 5.85. The molecule has 0 spiro atoms. The Morgan fingerprint density at radius 1 is 1.23 bits per heavy atom. The van der Waals surface area contributed by atoms with Gasteiger partial charge in [0.25, 0.3) is 0 Å². The summed E-state index contributed by atoms with van der Waals surface area (Å²) in [5, 5.41) is 19.7. The molecule has 132 valence electrons. The number of aromatic amines is 1. The summed E-state index contributed by atoms with van der Waals surface area (Å²) in [5.74, 6) is 1.19. The molecule has 4 aromatic rings. The van der Waals surface area contributed by atoms with Crippen molar-refractivity contribution in [2.45, 2.75) is 18.9 Å². The van der Waals surface area contributed by atoms with Gasteiger partial charge in [-0.15, -0.1) is 5.10 Å². The second-order valence-electron chi connectivity index (χ2n) is 6.70. The lowest BCUT2D eigenvalue weighted by Crippen LogP contribution is -2.39. The topological polar surface area (TPSA) is 109 Å². The summed E-state index contributed by atoms with van der Waals surface area (Å²) in [6, 6.07) is 10.6. The van der Waals surface area contributed by atoms with Crippen LogP contribution in [0.3, 0.4) is 0 Å². The van der Waals surface area contributed by atoms with Gasteiger partial charge in [-0.3, -0.25) is 5.10 Å². The van der Waals surface area contributed by atoms with E-state index in [2.05, 4.69) is 55.2 Å². The number of nitrogens with zero attached hydrogens (tertiary/aromatic N) is 4. The van der Waals surface area contributed by atoms with Gasteiger partial charge in [0.1, 0.15) is 5.82 Å². The van der Waals surface area contributed by atoms with Crippen molar-refractivity contribution < 1.29 is 0 Å². The smallest absolute Gasteiger partial charge is 0.240 e. The summed E-state index contributed by atoms with van der Waals surface area (Å²) in [5.41, 5.74) is 9.73. The fourth-order valence-electron chi connectivity index (χ4n) is 3.61. The molecular formula is C18H20N8. The molecule has 26 heavy (non-hydrogen) atoms. The summed E-state index contributed by atoms with van der Waals surface area (Å²) in [6.45, 7) is 2.00. The van der Waals surface area contributed by atoms with Gasteiger partial charge in [-0.25, -0.2) is 0 Å². The van der Waals surface area contributed by atoms with Crippen LogP contribution in [0.4, 0.5) is 11.8 Å². The average molecular weight is 348 g/mol. The predicted molar refractivity (Wildman–Crippen MR) is 102 cm³/mol. The van der Waals surface area contributed by atoms with E-state index in [9.17, 15) is 0 Å². The van der Waals surface area contributed by atoms with Crippen LogP contribution in [0.25, 0.3) is 27.7 Å². The van der Waals surface area contributed by atoms with Crippen LogP contribution >= 0.6 is 0 Å². The highest BCUT2D eigenvalue weighted by Crippen LogP contribution is 2.31. The van der Waals surface area contributed by atoms with E-state index in [1.54, 1.807) is 4.52 Å². The molecular weight excluding hydrogens is 328 g/mol. The maximum Gasteiger partial charge on any atom is 0.240 e. The monoisotopic (exact) mass is 348 g/mol. The number of nitrogens with one attached hydrogen (secondary N) is 3. The summed E-state index contributed by atoms with van der Waals surface area (Å²) in [6.07, 6.45) is 4.10. The van der Waals surface area contributed by atoms with Crippen molar-refractivity contribution in [2.75, 3.05) is 24.1 Å². The van der Waals surface area contributed by atoms with Crippen molar-refractivity contribution in [1.29, 1.82) is 0 Å². The number of aromatic nitrogens is 5. The van der Waals surface area contributed by atoms with Gasteiger partial charge in [0.05, 0.1) is 11.7 Å². The lowest BCUT2D eigenvalue weighted by atomic mass is 10.0. The summed E-state index contributed by atoms with van der Waals surface area (Å²) in [4.78, 5) is 4.30. The number of nitrogens with two attached hydrogens (primary N) is 1. The Hall–Kier alpha value is -3.13. The molecule has 8 heteroatoms. The van der Waals surface area contributed by atoms with Crippen LogP contribution in [0.5, 0.6) is 0 Å². The minimum absolute atomic E-state index is 0.274. The van der Waals surface area contributed by atoms with Gasteiger partial charge in [-0.2, -0.15) is 14.6 Å². The zero-order valence-corrected chi connectivity index (χ0v) is 14.2. The molecule has 0 radical (unpaired) electrons. The second-order valence-corrected chi connectivity index (χ2v) is 6.70. The Morgan fingerprint density at radius 2 is 2.19 bits per heavy atom. The van der Waals surface area contributed by atoms with Gasteiger partial charge in [-0.05, 0) is 43.1 Å². The van der Waals surface area contributed by atoms with Gasteiger partial charge in [0.2, 0.25) is 5.95 Å². The third kappa shape index (κ3) is 2.55. The highest BCUT2D eigenvalue weighted by molar-refractivity contribution is 5.87. The maximum atomic E-state index is 5.85. The number of hydrogen-bond acceptors (Lipinski definition) is 6. The first-order chi connectivity index (χ1) is 12.8. The molecule has 8 nitrogen and oxygen atoms in total. The van der Waals surface area contributed by atoms with Gasteiger partial charge < -0.3 is 16.4 Å². The summed E-state index contributed by atoms with van der Waals surface area (Å²) >= 11 is 0. The minimum atomic E-state index is 0.274. The largest absolute Gasteiger partial charge is 0.366 e. The summed E-state index contributed by atoms with van der Waals surface area (Å²) < 4.78 is 1.80. The van der Waals surface area contributed by atoms with Crippen LogP contribution < -0.4 is 16.4 Å². The van der Waals surface area contributed by atoms with Crippen molar-refractivity contribution >= 4 is 28.3 Å². The number of piperidine rings is 1. The van der Waals surface area contributed by atoms with Crippen LogP contribution in [-0.4, -0.2) is 43.9 Å². The first-order valence-electron chi connectivity index (χ1n) is 8.84. The Labute approximate surface area is 149 Å². The number of pyridine rings is 1. The van der Waals surface area contributed by atoms with E-state index in [1.807, 2.05) is 12.3 Å². The van der Waals surface area contributed by atoms with Crippen LogP contribution in [0.15, 0.2) is 36.5 Å². The Morgan fingerprint density at radius 3 is 3.08 bits per heavy atom. The molecule has 3 aromatic heterocycles. The minimum Gasteiger partial charge on any atom is -0.366 e. The normalized spacial score (nSPS) is 17.8. The highest BCUT2D eigenvalue weighted by Gasteiger charge is 2.18. The van der Waals surface area contributed by atoms with Crippen molar-refractivity contribution in [3.63, 3.8) is 0 Å². The molecule has 1 fully saturated rings. The van der Waals surface area contributed by atoms with Crippen LogP contribution in [0, 0.1) is 0 Å². The number of nitrogen functional groups attached to an aromatic ring is 1. The Balaban J connectivity index is 1.66. The van der Waals surface area contributed by atoms with Crippen LogP contribution in [-0.2, 0) is 0 Å². The lowest BCUT2D eigenvalue weighted by Gasteiger charge is -2.26. The van der Waals surface area contributed by atoms with Crippen molar-refractivity contribution in [3.05, 3.63) is 36.5 Å². The molecule has 4 heterocycles. The van der Waals surface area contributed by atoms with Crippen molar-refractivity contribution in [1.82, 2.24) is 30.1 Å². The van der Waals surface area contributed by atoms with E-state index < -0.39 is 0 Å². The number of benzene rings is 1. The molecule has 0 saturated carbocycles. The molecule has 1 unspecified atom stereocenters. The zero-order valence-electron chi connectivity index (χ0n) is 14.2. The molecule has 0 aliphatic carbocycles. The second kappa shape index (κ2) is 5.99. The van der Waals surface area contributed by atoms with Crippen LogP contribution in [0.1, 0.15) is 12.8 Å². The predicted octanol–water partition coefficient (Wildman–Crippen LogP) is 2.02. The standard InChI is InChI=1S/C18H20N8/c19-18-23-16-6-5-14(11-3-4-12-9-21-24-15(12)8-11)17(26(16)25-18)22-13-2-1-7-20-10-13/h3-6,8-9,13,20,22H,1-2,7,10H2,(H2,19,25)(H,21,24). The number of rotatable bonds is 3. The first-order valence-corrected chi connectivity index (χ1v) is 8.84. The number of hydrogen-bond donors (Lipinski definition) is 4. The van der Waals surface area contributed by atoms with Crippen LogP contribution in [0.2, 0.25) is 0 Å². The third-order valence-corrected chi connectivity index (χ3v) is 4.91. The van der Waals surface area contributed by atoms with Crippen molar-refractivity contribution in [2.24, 2.45) is 0 Å². The molecule has 5 rings (SSSR count). The lowest BCUT2D eigenvalue weighted by molar-refractivity contribution is 0.478. The van der Waals surface area contributed by atoms with Gasteiger partial charge in [0.15, 0.2) is 5.65 Å². The Bertz CT molecular complexity index is 1070. The molecule has 1 aliphatic heterocycles. The fraction of sp³-hybridized carbons (Fsp3) is 0.278. The molecule has 1 aliphatic rings. The van der Waals surface area contributed by atoms with Crippen molar-refractivity contribution in [3.8, 4) is 11.1 Å². The number of fused-ring (bicyclic) bond motifs is 2. The summed E-state index contributed by atoms with van der Waals surface area (Å²) in [7, 11) is 0. The number of anilines is 2. The van der Waals surface area contributed by atoms with E-state index in [1.165, 1.54) is 0 Å². The average Bonchev–Trinajstić information content (AvgIpc) is 3.28. The van der Waals surface area contributed by atoms with E-state index in [0.29, 0.717) is 6.04 Å². The molecule has 1 atom stereocenters. The van der Waals surface area contributed by atoms with Gasteiger partial charge >= 0.3 is 0 Å². The molecule has 1 saturated heterocycles. The fourth-order valence-corrected chi connectivity index (χ4v) is 3.61. The molecule has 0 bridgehead atoms. The van der Waals surface area contributed by atoms with Gasteiger partial charge in [0, 0.05) is 23.5 Å². The molecule has 5 N–H and O–H groups in total. The third-order valence-electron chi connectivity index (χ3n) is 4.91. The van der Waals surface area contributed by atoms with E-state index in [-0.39, 0.29) is 5.95 Å². The molecule has 1 aromatic carbocycles. The van der Waals surface area contributed by atoms with E-state index in [4.69, 9.17) is 5.73 Å². The van der Waals surface area contributed by atoms with E-state index >= 15 is 0 Å². The quantitative estimate of drug-likeness (QED) is 0.451. The van der Waals surface area contributed by atoms with Gasteiger partial charge in [-0.1, -0.05) is 12.1 Å². The number of H-pyrrole nitrogens is 1.